The molecule has 0 saturated heterocycles. The van der Waals surface area contributed by atoms with Crippen LogP contribution in [-0.4, -0.2) is 28.4 Å². The molecule has 2 nitrogen and oxygen atoms in total. The summed E-state index contributed by atoms with van der Waals surface area (Å²) in [5, 5.41) is 1.19. The molecule has 0 aliphatic rings. The van der Waals surface area contributed by atoms with Crippen LogP contribution in [0.1, 0.15) is 19.5 Å². The van der Waals surface area contributed by atoms with E-state index in [2.05, 4.69) is 43.0 Å². The Morgan fingerprint density at radius 1 is 1.17 bits per heavy atom. The third-order valence-corrected chi connectivity index (χ3v) is 3.29. The second-order valence-electron chi connectivity index (χ2n) is 4.75. The Morgan fingerprint density at radius 3 is 2.67 bits per heavy atom. The molecule has 3 heteroatoms. The molecular weight excluding hydrogens is 244 g/mol. The topological polar surface area (TPSA) is 16.1 Å². The van der Waals surface area contributed by atoms with E-state index in [1.807, 2.05) is 12.1 Å². The van der Waals surface area contributed by atoms with Crippen molar-refractivity contribution in [3.63, 3.8) is 0 Å². The van der Waals surface area contributed by atoms with Crippen molar-refractivity contribution in [3.05, 3.63) is 42.1 Å². The summed E-state index contributed by atoms with van der Waals surface area (Å²) in [6.07, 6.45) is 0. The number of para-hydroxylation sites is 1. The van der Waals surface area contributed by atoms with Gasteiger partial charge in [-0.1, -0.05) is 24.3 Å². The first-order chi connectivity index (χ1) is 8.70. The highest BCUT2D eigenvalue weighted by Crippen LogP contribution is 2.14. The van der Waals surface area contributed by atoms with Crippen molar-refractivity contribution in [2.75, 3.05) is 12.4 Å². The van der Waals surface area contributed by atoms with Gasteiger partial charge >= 0.3 is 0 Å². The van der Waals surface area contributed by atoms with Gasteiger partial charge in [-0.05, 0) is 26.0 Å². The Labute approximate surface area is 114 Å². The molecule has 0 aliphatic carbocycles. The van der Waals surface area contributed by atoms with E-state index in [-0.39, 0.29) is 0 Å². The van der Waals surface area contributed by atoms with Gasteiger partial charge in [-0.3, -0.25) is 9.88 Å². The Morgan fingerprint density at radius 2 is 1.94 bits per heavy atom. The molecule has 0 amide bonds. The van der Waals surface area contributed by atoms with Gasteiger partial charge in [0.1, 0.15) is 0 Å². The minimum Gasteiger partial charge on any atom is -0.294 e. The molecule has 0 atom stereocenters. The van der Waals surface area contributed by atoms with E-state index in [0.717, 1.165) is 24.3 Å². The van der Waals surface area contributed by atoms with E-state index >= 15 is 0 Å². The summed E-state index contributed by atoms with van der Waals surface area (Å²) in [6, 6.07) is 12.9. The lowest BCUT2D eigenvalue weighted by Gasteiger charge is -2.25. The van der Waals surface area contributed by atoms with Gasteiger partial charge in [0.05, 0.1) is 11.2 Å². The van der Waals surface area contributed by atoms with Crippen LogP contribution in [0.5, 0.6) is 0 Å². The van der Waals surface area contributed by atoms with Gasteiger partial charge < -0.3 is 0 Å². The molecular formula is C15H19ClN2. The maximum Gasteiger partial charge on any atom is 0.0705 e. The Kier molecular flexibility index (Phi) is 4.56. The summed E-state index contributed by atoms with van der Waals surface area (Å²) in [4.78, 5) is 7.03. The van der Waals surface area contributed by atoms with Gasteiger partial charge in [-0.2, -0.15) is 0 Å². The van der Waals surface area contributed by atoms with Crippen molar-refractivity contribution in [2.45, 2.75) is 26.4 Å². The van der Waals surface area contributed by atoms with Crippen LogP contribution in [0.15, 0.2) is 36.4 Å². The molecule has 1 aromatic heterocycles. The maximum absolute atomic E-state index is 5.84. The van der Waals surface area contributed by atoms with Crippen LogP contribution in [0.4, 0.5) is 0 Å². The summed E-state index contributed by atoms with van der Waals surface area (Å²) < 4.78 is 0. The normalized spacial score (nSPS) is 11.6. The first-order valence-corrected chi connectivity index (χ1v) is 6.89. The number of rotatable bonds is 5. The molecule has 1 heterocycles. The van der Waals surface area contributed by atoms with Crippen molar-refractivity contribution in [2.24, 2.45) is 0 Å². The number of pyridine rings is 1. The molecule has 0 bridgehead atoms. The van der Waals surface area contributed by atoms with Crippen molar-refractivity contribution < 1.29 is 0 Å². The average Bonchev–Trinajstić information content (AvgIpc) is 2.38. The third-order valence-electron chi connectivity index (χ3n) is 3.12. The largest absolute Gasteiger partial charge is 0.294 e. The first-order valence-electron chi connectivity index (χ1n) is 6.35. The minimum absolute atomic E-state index is 0.483. The summed E-state index contributed by atoms with van der Waals surface area (Å²) in [5.41, 5.74) is 2.16. The SMILES string of the molecule is CC(C)N(CCCl)Cc1ccc2ccccc2n1. The number of nitrogens with zero attached hydrogens (tertiary/aromatic N) is 2. The van der Waals surface area contributed by atoms with Crippen LogP contribution in [0.2, 0.25) is 0 Å². The van der Waals surface area contributed by atoms with Crippen molar-refractivity contribution >= 4 is 22.5 Å². The zero-order valence-corrected chi connectivity index (χ0v) is 11.7. The lowest BCUT2D eigenvalue weighted by atomic mass is 10.2. The molecule has 0 fully saturated rings. The van der Waals surface area contributed by atoms with Gasteiger partial charge in [0.2, 0.25) is 0 Å². The number of alkyl halides is 1. The molecule has 0 spiro atoms. The van der Waals surface area contributed by atoms with E-state index in [0.29, 0.717) is 11.9 Å². The van der Waals surface area contributed by atoms with Crippen LogP contribution in [-0.2, 0) is 6.54 Å². The van der Waals surface area contributed by atoms with Crippen LogP contribution < -0.4 is 0 Å². The Balaban J connectivity index is 2.20. The van der Waals surface area contributed by atoms with E-state index in [9.17, 15) is 0 Å². The molecule has 0 saturated carbocycles. The molecule has 2 aromatic rings. The fraction of sp³-hybridized carbons (Fsp3) is 0.400. The van der Waals surface area contributed by atoms with Crippen molar-refractivity contribution in [1.29, 1.82) is 0 Å². The van der Waals surface area contributed by atoms with Crippen molar-refractivity contribution in [1.82, 2.24) is 9.88 Å². The first kappa shape index (κ1) is 13.3. The van der Waals surface area contributed by atoms with Gasteiger partial charge in [0.15, 0.2) is 0 Å². The van der Waals surface area contributed by atoms with E-state index < -0.39 is 0 Å². The van der Waals surface area contributed by atoms with Gasteiger partial charge in [0, 0.05) is 30.4 Å². The smallest absolute Gasteiger partial charge is 0.0705 e. The molecule has 96 valence electrons. The molecule has 0 aliphatic heterocycles. The predicted molar refractivity (Wildman–Crippen MR) is 78.0 cm³/mol. The number of halogens is 1. The molecule has 0 N–H and O–H groups in total. The van der Waals surface area contributed by atoms with E-state index in [4.69, 9.17) is 16.6 Å². The fourth-order valence-corrected chi connectivity index (χ4v) is 2.25. The third kappa shape index (κ3) is 3.21. The Hall–Kier alpha value is -1.12. The van der Waals surface area contributed by atoms with Crippen LogP contribution in [0.25, 0.3) is 10.9 Å². The van der Waals surface area contributed by atoms with E-state index in [1.165, 1.54) is 5.39 Å². The van der Waals surface area contributed by atoms with Gasteiger partial charge in [-0.25, -0.2) is 0 Å². The van der Waals surface area contributed by atoms with Crippen LogP contribution >= 0.6 is 11.6 Å². The maximum atomic E-state index is 5.84. The van der Waals surface area contributed by atoms with Crippen LogP contribution in [0, 0.1) is 0 Å². The standard InChI is InChI=1S/C15H19ClN2/c1-12(2)18(10-9-16)11-14-8-7-13-5-3-4-6-15(13)17-14/h3-8,12H,9-11H2,1-2H3. The second kappa shape index (κ2) is 6.17. The summed E-state index contributed by atoms with van der Waals surface area (Å²) in [6.45, 7) is 6.13. The predicted octanol–water partition coefficient (Wildman–Crippen LogP) is 3.68. The van der Waals surface area contributed by atoms with E-state index in [1.54, 1.807) is 0 Å². The number of benzene rings is 1. The van der Waals surface area contributed by atoms with Gasteiger partial charge in [-0.15, -0.1) is 11.6 Å². The summed E-state index contributed by atoms with van der Waals surface area (Å²) in [5.74, 6) is 0.658. The molecule has 0 unspecified atom stereocenters. The number of hydrogen-bond acceptors (Lipinski definition) is 2. The lowest BCUT2D eigenvalue weighted by Crippen LogP contribution is -2.32. The molecule has 1 aromatic carbocycles. The molecule has 2 rings (SSSR count). The highest BCUT2D eigenvalue weighted by Gasteiger charge is 2.10. The van der Waals surface area contributed by atoms with Crippen LogP contribution in [0.3, 0.4) is 0 Å². The quantitative estimate of drug-likeness (QED) is 0.764. The monoisotopic (exact) mass is 262 g/mol. The minimum atomic E-state index is 0.483. The van der Waals surface area contributed by atoms with Crippen molar-refractivity contribution in [3.8, 4) is 0 Å². The Bertz CT molecular complexity index is 511. The zero-order chi connectivity index (χ0) is 13.0. The summed E-state index contributed by atoms with van der Waals surface area (Å²) >= 11 is 5.84. The molecule has 18 heavy (non-hydrogen) atoms. The number of hydrogen-bond donors (Lipinski definition) is 0. The number of aromatic nitrogens is 1. The zero-order valence-electron chi connectivity index (χ0n) is 10.9. The van der Waals surface area contributed by atoms with Gasteiger partial charge in [0.25, 0.3) is 0 Å². The second-order valence-corrected chi connectivity index (χ2v) is 5.13. The fourth-order valence-electron chi connectivity index (χ4n) is 2.03. The highest BCUT2D eigenvalue weighted by molar-refractivity contribution is 6.18. The average molecular weight is 263 g/mol. The number of fused-ring (bicyclic) bond motifs is 1. The highest BCUT2D eigenvalue weighted by atomic mass is 35.5. The lowest BCUT2D eigenvalue weighted by molar-refractivity contribution is 0.224. The molecule has 0 radical (unpaired) electrons. The summed E-state index contributed by atoms with van der Waals surface area (Å²) in [7, 11) is 0.